The quantitative estimate of drug-likeness (QED) is 0.721. The van der Waals surface area contributed by atoms with Gasteiger partial charge >= 0.3 is 0 Å². The molecule has 1 aromatic heterocycles. The maximum Gasteiger partial charge on any atom is 0.258 e. The Morgan fingerprint density at radius 3 is 2.48 bits per heavy atom. The molecule has 1 heterocycles. The SMILES string of the molecule is COc1cc(CNCc2cccnc2)ccc1OCC(=O)NC(C)(C)C.Cl. The largest absolute Gasteiger partial charge is 0.493 e. The molecule has 0 fully saturated rings. The molecule has 2 aromatic rings. The number of nitrogens with one attached hydrogen (secondary N) is 2. The molecule has 1 amide bonds. The number of methoxy groups -OCH3 is 1. The Morgan fingerprint density at radius 1 is 1.11 bits per heavy atom. The number of halogens is 1. The van der Waals surface area contributed by atoms with Crippen LogP contribution in [0.2, 0.25) is 0 Å². The summed E-state index contributed by atoms with van der Waals surface area (Å²) in [6.45, 7) is 7.17. The molecule has 0 aliphatic heterocycles. The maximum absolute atomic E-state index is 11.9. The second-order valence-corrected chi connectivity index (χ2v) is 7.04. The van der Waals surface area contributed by atoms with Crippen LogP contribution < -0.4 is 20.1 Å². The van der Waals surface area contributed by atoms with Gasteiger partial charge in [-0.2, -0.15) is 0 Å². The number of benzene rings is 1. The Hall–Kier alpha value is -2.31. The molecule has 0 aliphatic carbocycles. The topological polar surface area (TPSA) is 72.5 Å². The van der Waals surface area contributed by atoms with Crippen LogP contribution in [0.25, 0.3) is 0 Å². The molecule has 2 N–H and O–H groups in total. The second kappa shape index (κ2) is 10.7. The number of nitrogens with zero attached hydrogens (tertiary/aromatic N) is 1. The van der Waals surface area contributed by atoms with Gasteiger partial charge in [-0.3, -0.25) is 9.78 Å². The van der Waals surface area contributed by atoms with Gasteiger partial charge in [0.15, 0.2) is 18.1 Å². The van der Waals surface area contributed by atoms with Crippen LogP contribution in [0.4, 0.5) is 0 Å². The van der Waals surface area contributed by atoms with Crippen molar-refractivity contribution in [1.29, 1.82) is 0 Å². The Labute approximate surface area is 167 Å². The predicted molar refractivity (Wildman–Crippen MR) is 108 cm³/mol. The summed E-state index contributed by atoms with van der Waals surface area (Å²) in [5.41, 5.74) is 1.91. The highest BCUT2D eigenvalue weighted by Gasteiger charge is 2.15. The number of pyridine rings is 1. The molecular weight excluding hydrogens is 366 g/mol. The number of rotatable bonds is 8. The number of aromatic nitrogens is 1. The van der Waals surface area contributed by atoms with Crippen molar-refractivity contribution in [3.8, 4) is 11.5 Å². The summed E-state index contributed by atoms with van der Waals surface area (Å²) in [4.78, 5) is 16.0. The molecule has 6 nitrogen and oxygen atoms in total. The molecule has 0 unspecified atom stereocenters. The summed E-state index contributed by atoms with van der Waals surface area (Å²) in [7, 11) is 1.59. The number of carbonyl (C=O) groups excluding carboxylic acids is 1. The first-order valence-corrected chi connectivity index (χ1v) is 8.58. The van der Waals surface area contributed by atoms with Crippen molar-refractivity contribution in [2.45, 2.75) is 39.4 Å². The van der Waals surface area contributed by atoms with Gasteiger partial charge < -0.3 is 20.1 Å². The molecule has 0 atom stereocenters. The first kappa shape index (κ1) is 22.7. The minimum atomic E-state index is -0.283. The van der Waals surface area contributed by atoms with E-state index < -0.39 is 0 Å². The molecule has 0 radical (unpaired) electrons. The summed E-state index contributed by atoms with van der Waals surface area (Å²) < 4.78 is 11.0. The smallest absolute Gasteiger partial charge is 0.258 e. The zero-order valence-corrected chi connectivity index (χ0v) is 17.1. The van der Waals surface area contributed by atoms with Crippen molar-refractivity contribution in [1.82, 2.24) is 15.6 Å². The van der Waals surface area contributed by atoms with Crippen molar-refractivity contribution in [3.63, 3.8) is 0 Å². The lowest BCUT2D eigenvalue weighted by Crippen LogP contribution is -2.43. The summed E-state index contributed by atoms with van der Waals surface area (Å²) >= 11 is 0. The minimum absolute atomic E-state index is 0. The zero-order valence-electron chi connectivity index (χ0n) is 16.2. The van der Waals surface area contributed by atoms with Crippen molar-refractivity contribution < 1.29 is 14.3 Å². The number of hydrogen-bond acceptors (Lipinski definition) is 5. The Balaban J connectivity index is 0.00000364. The molecule has 0 saturated carbocycles. The zero-order chi connectivity index (χ0) is 19.0. The lowest BCUT2D eigenvalue weighted by atomic mass is 10.1. The first-order valence-electron chi connectivity index (χ1n) is 8.58. The third-order valence-corrected chi connectivity index (χ3v) is 3.48. The molecule has 0 aliphatic rings. The molecule has 2 rings (SSSR count). The number of ether oxygens (including phenoxy) is 2. The highest BCUT2D eigenvalue weighted by molar-refractivity contribution is 5.85. The number of amides is 1. The van der Waals surface area contributed by atoms with Gasteiger partial charge in [0.2, 0.25) is 0 Å². The van der Waals surface area contributed by atoms with E-state index in [0.29, 0.717) is 18.0 Å². The van der Waals surface area contributed by atoms with E-state index in [0.717, 1.165) is 17.7 Å². The van der Waals surface area contributed by atoms with Gasteiger partial charge in [0.1, 0.15) is 0 Å². The van der Waals surface area contributed by atoms with E-state index in [-0.39, 0.29) is 30.5 Å². The fraction of sp³-hybridized carbons (Fsp3) is 0.400. The fourth-order valence-electron chi connectivity index (χ4n) is 2.39. The van der Waals surface area contributed by atoms with Crippen LogP contribution in [0, 0.1) is 0 Å². The Bertz CT molecular complexity index is 718. The first-order chi connectivity index (χ1) is 12.4. The highest BCUT2D eigenvalue weighted by Crippen LogP contribution is 2.28. The average Bonchev–Trinajstić information content (AvgIpc) is 2.60. The molecule has 0 bridgehead atoms. The van der Waals surface area contributed by atoms with Crippen molar-refractivity contribution in [2.24, 2.45) is 0 Å². The van der Waals surface area contributed by atoms with Crippen LogP contribution in [0.1, 0.15) is 31.9 Å². The Morgan fingerprint density at radius 2 is 1.85 bits per heavy atom. The highest BCUT2D eigenvalue weighted by atomic mass is 35.5. The van der Waals surface area contributed by atoms with Crippen LogP contribution in [-0.4, -0.2) is 30.1 Å². The molecule has 148 valence electrons. The van der Waals surface area contributed by atoms with Crippen LogP contribution in [0.15, 0.2) is 42.7 Å². The number of hydrogen-bond donors (Lipinski definition) is 2. The van der Waals surface area contributed by atoms with Gasteiger partial charge in [0, 0.05) is 31.0 Å². The van der Waals surface area contributed by atoms with E-state index in [1.807, 2.05) is 57.3 Å². The van der Waals surface area contributed by atoms with E-state index in [4.69, 9.17) is 9.47 Å². The third-order valence-electron chi connectivity index (χ3n) is 3.48. The van der Waals surface area contributed by atoms with Gasteiger partial charge in [-0.25, -0.2) is 0 Å². The van der Waals surface area contributed by atoms with Gasteiger partial charge in [0.25, 0.3) is 5.91 Å². The summed E-state index contributed by atoms with van der Waals surface area (Å²) in [5, 5.41) is 6.23. The van der Waals surface area contributed by atoms with Crippen LogP contribution in [0.5, 0.6) is 11.5 Å². The van der Waals surface area contributed by atoms with Gasteiger partial charge in [-0.15, -0.1) is 12.4 Å². The van der Waals surface area contributed by atoms with E-state index in [9.17, 15) is 4.79 Å². The lowest BCUT2D eigenvalue weighted by molar-refractivity contribution is -0.124. The molecule has 27 heavy (non-hydrogen) atoms. The molecule has 1 aromatic carbocycles. The number of carbonyl (C=O) groups is 1. The van der Waals surface area contributed by atoms with Crippen LogP contribution in [-0.2, 0) is 17.9 Å². The van der Waals surface area contributed by atoms with E-state index >= 15 is 0 Å². The summed E-state index contributed by atoms with van der Waals surface area (Å²) in [6.07, 6.45) is 3.60. The van der Waals surface area contributed by atoms with Crippen molar-refractivity contribution in [2.75, 3.05) is 13.7 Å². The summed E-state index contributed by atoms with van der Waals surface area (Å²) in [6, 6.07) is 9.63. The van der Waals surface area contributed by atoms with E-state index in [1.54, 1.807) is 13.3 Å². The van der Waals surface area contributed by atoms with Crippen molar-refractivity contribution >= 4 is 18.3 Å². The Kier molecular flexibility index (Phi) is 9.05. The molecule has 7 heteroatoms. The molecule has 0 spiro atoms. The van der Waals surface area contributed by atoms with E-state index in [1.165, 1.54) is 0 Å². The van der Waals surface area contributed by atoms with Gasteiger partial charge in [0.05, 0.1) is 7.11 Å². The van der Waals surface area contributed by atoms with Crippen LogP contribution >= 0.6 is 12.4 Å². The molecule has 0 saturated heterocycles. The average molecular weight is 394 g/mol. The minimum Gasteiger partial charge on any atom is -0.493 e. The van der Waals surface area contributed by atoms with Gasteiger partial charge in [-0.1, -0.05) is 12.1 Å². The van der Waals surface area contributed by atoms with Crippen LogP contribution in [0.3, 0.4) is 0 Å². The lowest BCUT2D eigenvalue weighted by Gasteiger charge is -2.20. The monoisotopic (exact) mass is 393 g/mol. The third kappa shape index (κ3) is 8.28. The van der Waals surface area contributed by atoms with E-state index in [2.05, 4.69) is 15.6 Å². The normalized spacial score (nSPS) is 10.7. The molecular formula is C20H28ClN3O3. The summed E-state index contributed by atoms with van der Waals surface area (Å²) in [5.74, 6) is 0.989. The fourth-order valence-corrected chi connectivity index (χ4v) is 2.39. The maximum atomic E-state index is 11.9. The predicted octanol–water partition coefficient (Wildman–Crippen LogP) is 3.10. The standard InChI is InChI=1S/C20H27N3O3.ClH/c1-20(2,3)23-19(24)14-26-17-8-7-15(10-18(17)25-4)11-22-13-16-6-5-9-21-12-16;/h5-10,12,22H,11,13-14H2,1-4H3,(H,23,24);1H. The van der Waals surface area contributed by atoms with Gasteiger partial charge in [-0.05, 0) is 50.1 Å². The second-order valence-electron chi connectivity index (χ2n) is 7.04. The van der Waals surface area contributed by atoms with Crippen molar-refractivity contribution in [3.05, 3.63) is 53.9 Å².